The van der Waals surface area contributed by atoms with E-state index in [0.29, 0.717) is 6.42 Å². The van der Waals surface area contributed by atoms with E-state index in [1.165, 1.54) is 0 Å². The Kier molecular flexibility index (Phi) is 6.46. The summed E-state index contributed by atoms with van der Waals surface area (Å²) >= 11 is 0. The Balaban J connectivity index is 1.56. The molecule has 6 heteroatoms. The van der Waals surface area contributed by atoms with Gasteiger partial charge in [0.15, 0.2) is 0 Å². The van der Waals surface area contributed by atoms with Crippen molar-refractivity contribution in [3.05, 3.63) is 95.6 Å². The maximum absolute atomic E-state index is 12.0. The second-order valence-corrected chi connectivity index (χ2v) is 6.91. The van der Waals surface area contributed by atoms with Gasteiger partial charge < -0.3 is 20.3 Å². The van der Waals surface area contributed by atoms with Crippen molar-refractivity contribution in [2.75, 3.05) is 0 Å². The van der Waals surface area contributed by atoms with E-state index in [0.717, 1.165) is 16.7 Å². The molecule has 0 heterocycles. The van der Waals surface area contributed by atoms with Crippen LogP contribution in [0, 0.1) is 0 Å². The molecule has 0 aliphatic heterocycles. The second kappa shape index (κ2) is 9.21. The quantitative estimate of drug-likeness (QED) is 0.669. The van der Waals surface area contributed by atoms with E-state index >= 15 is 0 Å². The van der Waals surface area contributed by atoms with E-state index in [2.05, 4.69) is 5.32 Å². The molecule has 0 radical (unpaired) electrons. The Morgan fingerprint density at radius 1 is 1.07 bits per heavy atom. The predicted octanol–water partition coefficient (Wildman–Crippen LogP) is 3.53. The number of rotatable bonds is 7. The number of aliphatic carboxylic acids is 1. The SMILES string of the molecule is O=C(NC(CC1=CCC(O)(c2ccccc2)C=C1)C(=O)O)OCc1ccccc1. The number of hydrogen-bond acceptors (Lipinski definition) is 4. The average molecular weight is 393 g/mol. The van der Waals surface area contributed by atoms with Crippen LogP contribution >= 0.6 is 0 Å². The monoisotopic (exact) mass is 393 g/mol. The number of carbonyl (C=O) groups is 2. The van der Waals surface area contributed by atoms with Crippen molar-refractivity contribution in [2.45, 2.75) is 31.1 Å². The number of benzene rings is 2. The number of carboxylic acids is 1. The summed E-state index contributed by atoms with van der Waals surface area (Å²) in [7, 11) is 0. The van der Waals surface area contributed by atoms with E-state index in [-0.39, 0.29) is 13.0 Å². The highest BCUT2D eigenvalue weighted by molar-refractivity contribution is 5.80. The minimum atomic E-state index is -1.15. The van der Waals surface area contributed by atoms with Gasteiger partial charge in [0.05, 0.1) is 0 Å². The molecule has 0 bridgehead atoms. The zero-order chi connectivity index (χ0) is 20.7. The Bertz CT molecular complexity index is 907. The van der Waals surface area contributed by atoms with Crippen LogP contribution in [-0.2, 0) is 21.7 Å². The maximum Gasteiger partial charge on any atom is 0.408 e. The van der Waals surface area contributed by atoms with Gasteiger partial charge in [-0.3, -0.25) is 0 Å². The van der Waals surface area contributed by atoms with E-state index in [1.54, 1.807) is 18.2 Å². The fraction of sp³-hybridized carbons (Fsp3) is 0.217. The average Bonchev–Trinajstić information content (AvgIpc) is 2.75. The number of nitrogens with one attached hydrogen (secondary N) is 1. The van der Waals surface area contributed by atoms with Gasteiger partial charge >= 0.3 is 12.1 Å². The van der Waals surface area contributed by atoms with Crippen LogP contribution in [0.15, 0.2) is 84.5 Å². The lowest BCUT2D eigenvalue weighted by Gasteiger charge is -2.27. The number of alkyl carbamates (subject to hydrolysis) is 1. The molecule has 0 spiro atoms. The van der Waals surface area contributed by atoms with Crippen LogP contribution in [0.3, 0.4) is 0 Å². The molecule has 3 rings (SSSR count). The first-order valence-corrected chi connectivity index (χ1v) is 9.32. The van der Waals surface area contributed by atoms with Crippen molar-refractivity contribution in [1.82, 2.24) is 5.32 Å². The molecule has 29 heavy (non-hydrogen) atoms. The molecule has 1 aliphatic rings. The van der Waals surface area contributed by atoms with Gasteiger partial charge in [0.25, 0.3) is 0 Å². The molecular formula is C23H23NO5. The largest absolute Gasteiger partial charge is 0.480 e. The molecule has 0 aromatic heterocycles. The number of carbonyl (C=O) groups excluding carboxylic acids is 1. The topological polar surface area (TPSA) is 95.9 Å². The Morgan fingerprint density at radius 2 is 1.72 bits per heavy atom. The molecule has 1 aliphatic carbocycles. The van der Waals surface area contributed by atoms with Crippen molar-refractivity contribution in [3.8, 4) is 0 Å². The minimum Gasteiger partial charge on any atom is -0.480 e. The second-order valence-electron chi connectivity index (χ2n) is 6.91. The van der Waals surface area contributed by atoms with E-state index in [9.17, 15) is 19.8 Å². The van der Waals surface area contributed by atoms with Gasteiger partial charge in [-0.1, -0.05) is 72.8 Å². The first kappa shape index (κ1) is 20.4. The lowest BCUT2D eigenvalue weighted by Crippen LogP contribution is -2.41. The summed E-state index contributed by atoms with van der Waals surface area (Å²) in [5, 5.41) is 22.6. The normalized spacial score (nSPS) is 19.1. The number of hydrogen-bond donors (Lipinski definition) is 3. The molecule has 2 atom stereocenters. The van der Waals surface area contributed by atoms with Gasteiger partial charge in [0.1, 0.15) is 18.2 Å². The number of amides is 1. The molecule has 2 aromatic rings. The highest BCUT2D eigenvalue weighted by Gasteiger charge is 2.29. The van der Waals surface area contributed by atoms with Crippen LogP contribution in [0.2, 0.25) is 0 Å². The summed E-state index contributed by atoms with van der Waals surface area (Å²) in [6.45, 7) is 0.0612. The van der Waals surface area contributed by atoms with Crippen LogP contribution in [0.1, 0.15) is 24.0 Å². The summed E-state index contributed by atoms with van der Waals surface area (Å²) in [6, 6.07) is 17.3. The predicted molar refractivity (Wildman–Crippen MR) is 108 cm³/mol. The van der Waals surface area contributed by atoms with Crippen LogP contribution in [0.4, 0.5) is 4.79 Å². The molecule has 3 N–H and O–H groups in total. The van der Waals surface area contributed by atoms with Crippen LogP contribution in [0.5, 0.6) is 0 Å². The van der Waals surface area contributed by atoms with Crippen LogP contribution in [-0.4, -0.2) is 28.3 Å². The third-order valence-corrected chi connectivity index (χ3v) is 4.77. The smallest absolute Gasteiger partial charge is 0.408 e. The Labute approximate surface area is 169 Å². The summed E-state index contributed by atoms with van der Waals surface area (Å²) < 4.78 is 5.10. The van der Waals surface area contributed by atoms with E-state index in [4.69, 9.17) is 4.74 Å². The maximum atomic E-state index is 12.0. The molecule has 6 nitrogen and oxygen atoms in total. The number of ether oxygens (including phenoxy) is 1. The molecule has 0 saturated heterocycles. The fourth-order valence-electron chi connectivity index (χ4n) is 3.10. The van der Waals surface area contributed by atoms with Gasteiger partial charge in [-0.05, 0) is 22.8 Å². The van der Waals surface area contributed by atoms with Gasteiger partial charge in [0.2, 0.25) is 0 Å². The molecule has 2 aromatic carbocycles. The molecule has 2 unspecified atom stereocenters. The number of aliphatic hydroxyl groups is 1. The first-order valence-electron chi connectivity index (χ1n) is 9.32. The van der Waals surface area contributed by atoms with Crippen LogP contribution in [0.25, 0.3) is 0 Å². The van der Waals surface area contributed by atoms with Gasteiger partial charge in [-0.15, -0.1) is 0 Å². The third-order valence-electron chi connectivity index (χ3n) is 4.77. The fourth-order valence-corrected chi connectivity index (χ4v) is 3.10. The molecule has 1 amide bonds. The van der Waals surface area contributed by atoms with Gasteiger partial charge in [0, 0.05) is 12.8 Å². The Hall–Kier alpha value is -3.38. The lowest BCUT2D eigenvalue weighted by atomic mass is 9.84. The lowest BCUT2D eigenvalue weighted by molar-refractivity contribution is -0.139. The van der Waals surface area contributed by atoms with Crippen molar-refractivity contribution < 1.29 is 24.5 Å². The van der Waals surface area contributed by atoms with E-state index in [1.807, 2.05) is 60.7 Å². The van der Waals surface area contributed by atoms with Crippen molar-refractivity contribution in [3.63, 3.8) is 0 Å². The highest BCUT2D eigenvalue weighted by Crippen LogP contribution is 2.32. The zero-order valence-corrected chi connectivity index (χ0v) is 15.8. The molecule has 0 saturated carbocycles. The van der Waals surface area contributed by atoms with E-state index < -0.39 is 23.7 Å². The summed E-state index contributed by atoms with van der Waals surface area (Å²) in [5.41, 5.74) is 1.18. The first-order chi connectivity index (χ1) is 14.0. The molecule has 0 fully saturated rings. The minimum absolute atomic E-state index is 0.0612. The number of carboxylic acid groups (broad SMARTS) is 1. The van der Waals surface area contributed by atoms with Crippen LogP contribution < -0.4 is 5.32 Å². The van der Waals surface area contributed by atoms with Crippen molar-refractivity contribution >= 4 is 12.1 Å². The number of allylic oxidation sites excluding steroid dienone is 1. The van der Waals surface area contributed by atoms with Crippen molar-refractivity contribution in [2.24, 2.45) is 0 Å². The third kappa shape index (κ3) is 5.56. The summed E-state index contributed by atoms with van der Waals surface area (Å²) in [6.07, 6.45) is 4.78. The molecular weight excluding hydrogens is 370 g/mol. The molecule has 150 valence electrons. The summed E-state index contributed by atoms with van der Waals surface area (Å²) in [4.78, 5) is 23.5. The van der Waals surface area contributed by atoms with Gasteiger partial charge in [-0.25, -0.2) is 9.59 Å². The Morgan fingerprint density at radius 3 is 2.31 bits per heavy atom. The zero-order valence-electron chi connectivity index (χ0n) is 15.8. The standard InChI is InChI=1S/C23H23NO5/c25-21(26)20(24-22(27)29-16-18-7-3-1-4-8-18)15-17-11-13-23(28,14-12-17)19-9-5-2-6-10-19/h1-13,20,28H,14-16H2,(H,24,27)(H,25,26). The highest BCUT2D eigenvalue weighted by atomic mass is 16.5. The van der Waals surface area contributed by atoms with Crippen molar-refractivity contribution in [1.29, 1.82) is 0 Å². The van der Waals surface area contributed by atoms with Gasteiger partial charge in [-0.2, -0.15) is 0 Å². The summed E-state index contributed by atoms with van der Waals surface area (Å²) in [5.74, 6) is -1.15.